The fourth-order valence-corrected chi connectivity index (χ4v) is 3.08. The van der Waals surface area contributed by atoms with E-state index in [0.717, 1.165) is 25.2 Å². The molecule has 0 amide bonds. The van der Waals surface area contributed by atoms with Crippen LogP contribution in [-0.4, -0.2) is 44.2 Å². The zero-order chi connectivity index (χ0) is 11.8. The largest absolute Gasteiger partial charge is 0.366 e. The highest BCUT2D eigenvalue weighted by atomic mass is 15.3. The second-order valence-corrected chi connectivity index (χ2v) is 5.55. The minimum atomic E-state index is 0.717. The Kier molecular flexibility index (Phi) is 2.81. The van der Waals surface area contributed by atoms with Crippen molar-refractivity contribution in [3.63, 3.8) is 0 Å². The van der Waals surface area contributed by atoms with Crippen LogP contribution < -0.4 is 10.2 Å². The molecule has 1 N–H and O–H groups in total. The van der Waals surface area contributed by atoms with Crippen LogP contribution in [0.5, 0.6) is 0 Å². The predicted octanol–water partition coefficient (Wildman–Crippen LogP) is 1.30. The Morgan fingerprint density at radius 3 is 2.94 bits per heavy atom. The van der Waals surface area contributed by atoms with E-state index in [1.165, 1.54) is 24.2 Å². The minimum Gasteiger partial charge on any atom is -0.366 e. The average molecular weight is 231 g/mol. The van der Waals surface area contributed by atoms with Gasteiger partial charge in [0.25, 0.3) is 0 Å². The van der Waals surface area contributed by atoms with Gasteiger partial charge in [-0.05, 0) is 38.2 Å². The summed E-state index contributed by atoms with van der Waals surface area (Å²) in [4.78, 5) is 4.79. The molecule has 1 aromatic carbocycles. The molecule has 2 aliphatic rings. The highest BCUT2D eigenvalue weighted by Gasteiger charge is 2.37. The van der Waals surface area contributed by atoms with Gasteiger partial charge in [0.2, 0.25) is 0 Å². The van der Waals surface area contributed by atoms with Crippen molar-refractivity contribution in [3.8, 4) is 0 Å². The zero-order valence-corrected chi connectivity index (χ0v) is 10.7. The number of hydrogen-bond donors (Lipinski definition) is 1. The van der Waals surface area contributed by atoms with Gasteiger partial charge in [0, 0.05) is 37.4 Å². The quantitative estimate of drug-likeness (QED) is 0.846. The highest BCUT2D eigenvalue weighted by molar-refractivity contribution is 5.51. The van der Waals surface area contributed by atoms with Gasteiger partial charge >= 0.3 is 0 Å². The summed E-state index contributed by atoms with van der Waals surface area (Å²) < 4.78 is 0. The normalized spacial score (nSPS) is 27.1. The van der Waals surface area contributed by atoms with E-state index in [4.69, 9.17) is 0 Å². The second kappa shape index (κ2) is 4.31. The van der Waals surface area contributed by atoms with Crippen molar-refractivity contribution in [1.29, 1.82) is 0 Å². The van der Waals surface area contributed by atoms with Crippen molar-refractivity contribution in [3.05, 3.63) is 29.8 Å². The van der Waals surface area contributed by atoms with Gasteiger partial charge in [0.15, 0.2) is 0 Å². The van der Waals surface area contributed by atoms with E-state index in [1.54, 1.807) is 0 Å². The summed E-state index contributed by atoms with van der Waals surface area (Å²) in [7, 11) is 4.24. The van der Waals surface area contributed by atoms with Crippen molar-refractivity contribution >= 4 is 5.69 Å². The van der Waals surface area contributed by atoms with Crippen LogP contribution in [0.3, 0.4) is 0 Å². The van der Waals surface area contributed by atoms with Gasteiger partial charge in [0.1, 0.15) is 0 Å². The van der Waals surface area contributed by atoms with Gasteiger partial charge in [-0.15, -0.1) is 0 Å². The van der Waals surface area contributed by atoms with Gasteiger partial charge in [-0.25, -0.2) is 0 Å². The molecule has 17 heavy (non-hydrogen) atoms. The smallest absolute Gasteiger partial charge is 0.0430 e. The first-order valence-electron chi connectivity index (χ1n) is 6.46. The molecule has 2 aliphatic heterocycles. The first-order valence-corrected chi connectivity index (χ1v) is 6.46. The molecule has 2 fully saturated rings. The Balaban J connectivity index is 1.79. The number of benzene rings is 1. The fourth-order valence-electron chi connectivity index (χ4n) is 3.08. The van der Waals surface area contributed by atoms with Gasteiger partial charge in [-0.1, -0.05) is 12.1 Å². The lowest BCUT2D eigenvalue weighted by atomic mass is 10.1. The second-order valence-electron chi connectivity index (χ2n) is 5.55. The lowest BCUT2D eigenvalue weighted by Gasteiger charge is -2.30. The van der Waals surface area contributed by atoms with Crippen LogP contribution in [0.25, 0.3) is 0 Å². The molecule has 0 saturated carbocycles. The Hall–Kier alpha value is -1.06. The lowest BCUT2D eigenvalue weighted by Crippen LogP contribution is -2.43. The summed E-state index contributed by atoms with van der Waals surface area (Å²) in [6.07, 6.45) is 1.32. The van der Waals surface area contributed by atoms with E-state index in [9.17, 15) is 0 Å². The van der Waals surface area contributed by atoms with Crippen LogP contribution in [0.4, 0.5) is 5.69 Å². The maximum atomic E-state index is 3.55. The van der Waals surface area contributed by atoms with E-state index < -0.39 is 0 Å². The summed E-state index contributed by atoms with van der Waals surface area (Å²) in [5.41, 5.74) is 2.81. The number of nitrogens with one attached hydrogen (secondary N) is 1. The van der Waals surface area contributed by atoms with E-state index in [-0.39, 0.29) is 0 Å². The molecule has 1 aromatic rings. The molecule has 0 radical (unpaired) electrons. The predicted molar refractivity (Wildman–Crippen MR) is 71.4 cm³/mol. The molecule has 0 spiro atoms. The molecule has 0 unspecified atom stereocenters. The molecule has 3 rings (SSSR count). The van der Waals surface area contributed by atoms with Crippen LogP contribution in [0.15, 0.2) is 24.3 Å². The minimum absolute atomic E-state index is 0.717. The summed E-state index contributed by atoms with van der Waals surface area (Å²) >= 11 is 0. The first kappa shape index (κ1) is 11.1. The standard InChI is InChI=1S/C14H21N3/c1-16(2)9-11-4-3-5-13(6-11)17-10-12-7-14(17)8-15-12/h3-6,12,14-15H,7-10H2,1-2H3/t12-,14-/m0/s1. The Labute approximate surface area is 103 Å². The summed E-state index contributed by atoms with van der Waals surface area (Å²) in [6, 6.07) is 10.4. The third-order valence-electron chi connectivity index (χ3n) is 3.80. The van der Waals surface area contributed by atoms with Crippen LogP contribution in [0.1, 0.15) is 12.0 Å². The van der Waals surface area contributed by atoms with Crippen LogP contribution >= 0.6 is 0 Å². The number of anilines is 1. The molecule has 0 aromatic heterocycles. The van der Waals surface area contributed by atoms with Gasteiger partial charge in [-0.2, -0.15) is 0 Å². The van der Waals surface area contributed by atoms with Crippen molar-refractivity contribution < 1.29 is 0 Å². The molecular weight excluding hydrogens is 210 g/mol. The van der Waals surface area contributed by atoms with Crippen LogP contribution in [0, 0.1) is 0 Å². The van der Waals surface area contributed by atoms with Gasteiger partial charge in [-0.3, -0.25) is 0 Å². The van der Waals surface area contributed by atoms with Crippen LogP contribution in [-0.2, 0) is 6.54 Å². The van der Waals surface area contributed by atoms with Gasteiger partial charge in [0.05, 0.1) is 0 Å². The lowest BCUT2D eigenvalue weighted by molar-refractivity contribution is 0.402. The summed E-state index contributed by atoms with van der Waals surface area (Å²) in [5.74, 6) is 0. The molecule has 2 saturated heterocycles. The average Bonchev–Trinajstić information content (AvgIpc) is 2.90. The third-order valence-corrected chi connectivity index (χ3v) is 3.80. The van der Waals surface area contributed by atoms with Crippen molar-refractivity contribution in [2.24, 2.45) is 0 Å². The van der Waals surface area contributed by atoms with Crippen molar-refractivity contribution in [2.45, 2.75) is 25.0 Å². The Bertz CT molecular complexity index is 402. The summed E-state index contributed by atoms with van der Waals surface area (Å²) in [5, 5.41) is 3.55. The highest BCUT2D eigenvalue weighted by Crippen LogP contribution is 2.29. The van der Waals surface area contributed by atoms with E-state index in [2.05, 4.69) is 53.5 Å². The van der Waals surface area contributed by atoms with E-state index in [1.807, 2.05) is 0 Å². The number of rotatable bonds is 3. The van der Waals surface area contributed by atoms with Gasteiger partial charge < -0.3 is 15.1 Å². The molecule has 2 heterocycles. The maximum absolute atomic E-state index is 3.55. The molecule has 3 nitrogen and oxygen atoms in total. The van der Waals surface area contributed by atoms with Crippen molar-refractivity contribution in [2.75, 3.05) is 32.1 Å². The summed E-state index contributed by atoms with van der Waals surface area (Å²) in [6.45, 7) is 3.35. The van der Waals surface area contributed by atoms with E-state index >= 15 is 0 Å². The Morgan fingerprint density at radius 2 is 2.29 bits per heavy atom. The SMILES string of the molecule is CN(C)Cc1cccc(N2C[C@@H]3C[C@H]2CN3)c1. The monoisotopic (exact) mass is 231 g/mol. The fraction of sp³-hybridized carbons (Fsp3) is 0.571. The molecule has 2 bridgehead atoms. The third kappa shape index (κ3) is 2.17. The molecular formula is C14H21N3. The maximum Gasteiger partial charge on any atom is 0.0430 e. The van der Waals surface area contributed by atoms with Crippen molar-refractivity contribution in [1.82, 2.24) is 10.2 Å². The molecule has 92 valence electrons. The first-order chi connectivity index (χ1) is 8.22. The van der Waals surface area contributed by atoms with E-state index in [0.29, 0.717) is 0 Å². The Morgan fingerprint density at radius 1 is 1.41 bits per heavy atom. The molecule has 2 atom stereocenters. The topological polar surface area (TPSA) is 18.5 Å². The molecule has 3 heteroatoms. The number of hydrogen-bond acceptors (Lipinski definition) is 3. The number of piperazine rings is 1. The van der Waals surface area contributed by atoms with Crippen LogP contribution in [0.2, 0.25) is 0 Å². The number of fused-ring (bicyclic) bond motifs is 2. The molecule has 0 aliphatic carbocycles. The zero-order valence-electron chi connectivity index (χ0n) is 10.7. The number of nitrogens with zero attached hydrogens (tertiary/aromatic N) is 2.